The highest BCUT2D eigenvalue weighted by Gasteiger charge is 2.14. The van der Waals surface area contributed by atoms with E-state index in [-0.39, 0.29) is 17.2 Å². The molecule has 6 heteroatoms. The van der Waals surface area contributed by atoms with E-state index < -0.39 is 10.0 Å². The van der Waals surface area contributed by atoms with Crippen LogP contribution in [0.5, 0.6) is 0 Å². The Morgan fingerprint density at radius 1 is 1.40 bits per heavy atom. The second kappa shape index (κ2) is 7.60. The van der Waals surface area contributed by atoms with Crippen molar-refractivity contribution in [1.29, 1.82) is 0 Å². The molecule has 0 aromatic rings. The molecular formula is C9H20BrNO3S. The Kier molecular flexibility index (Phi) is 7.77. The van der Waals surface area contributed by atoms with Crippen molar-refractivity contribution in [2.45, 2.75) is 25.6 Å². The Morgan fingerprint density at radius 2 is 2.00 bits per heavy atom. The van der Waals surface area contributed by atoms with Crippen LogP contribution in [0.15, 0.2) is 0 Å². The summed E-state index contributed by atoms with van der Waals surface area (Å²) in [5.41, 5.74) is 0. The predicted molar refractivity (Wildman–Crippen MR) is 65.8 cm³/mol. The maximum atomic E-state index is 11.4. The number of hydrogen-bond donors (Lipinski definition) is 1. The first-order valence-corrected chi connectivity index (χ1v) is 7.65. The van der Waals surface area contributed by atoms with Crippen LogP contribution in [-0.2, 0) is 14.8 Å². The van der Waals surface area contributed by atoms with Gasteiger partial charge in [-0.25, -0.2) is 13.1 Å². The largest absolute Gasteiger partial charge is 0.381 e. The molecule has 0 amide bonds. The molecule has 0 aliphatic rings. The van der Waals surface area contributed by atoms with Crippen LogP contribution in [0, 0.1) is 5.92 Å². The zero-order valence-corrected chi connectivity index (χ0v) is 11.9. The number of halogens is 1. The summed E-state index contributed by atoms with van der Waals surface area (Å²) >= 11 is 3.42. The van der Waals surface area contributed by atoms with E-state index in [9.17, 15) is 8.42 Å². The highest BCUT2D eigenvalue weighted by Crippen LogP contribution is 2.10. The molecular weight excluding hydrogens is 282 g/mol. The van der Waals surface area contributed by atoms with Crippen LogP contribution in [0.2, 0.25) is 0 Å². The lowest BCUT2D eigenvalue weighted by Crippen LogP contribution is -2.34. The highest BCUT2D eigenvalue weighted by molar-refractivity contribution is 9.09. The second-order valence-electron chi connectivity index (χ2n) is 3.62. The van der Waals surface area contributed by atoms with E-state index in [1.165, 1.54) is 0 Å². The second-order valence-corrected chi connectivity index (χ2v) is 6.73. The molecule has 92 valence electrons. The molecule has 0 aromatic heterocycles. The SMILES string of the molecule is CCOCCS(=O)(=O)NCC(Br)C(C)C. The van der Waals surface area contributed by atoms with Crippen LogP contribution in [0.25, 0.3) is 0 Å². The van der Waals surface area contributed by atoms with Crippen molar-refractivity contribution in [2.75, 3.05) is 25.5 Å². The van der Waals surface area contributed by atoms with Crippen molar-refractivity contribution in [3.05, 3.63) is 0 Å². The van der Waals surface area contributed by atoms with Crippen LogP contribution in [-0.4, -0.2) is 38.8 Å². The Hall–Kier alpha value is 0.350. The van der Waals surface area contributed by atoms with E-state index in [1.807, 2.05) is 20.8 Å². The fraction of sp³-hybridized carbons (Fsp3) is 1.00. The summed E-state index contributed by atoms with van der Waals surface area (Å²) in [5, 5.41) is 0. The fourth-order valence-corrected chi connectivity index (χ4v) is 2.12. The monoisotopic (exact) mass is 301 g/mol. The number of hydrogen-bond acceptors (Lipinski definition) is 3. The molecule has 0 aliphatic carbocycles. The molecule has 0 heterocycles. The molecule has 0 radical (unpaired) electrons. The van der Waals surface area contributed by atoms with E-state index in [0.717, 1.165) is 0 Å². The van der Waals surface area contributed by atoms with Gasteiger partial charge < -0.3 is 4.74 Å². The summed E-state index contributed by atoms with van der Waals surface area (Å²) in [6, 6.07) is 0. The van der Waals surface area contributed by atoms with E-state index in [1.54, 1.807) is 0 Å². The van der Waals surface area contributed by atoms with E-state index in [2.05, 4.69) is 20.7 Å². The minimum absolute atomic E-state index is 0.0264. The van der Waals surface area contributed by atoms with Crippen LogP contribution < -0.4 is 4.72 Å². The maximum absolute atomic E-state index is 11.4. The van der Waals surface area contributed by atoms with Crippen molar-refractivity contribution < 1.29 is 13.2 Å². The normalized spacial score (nSPS) is 14.5. The third-order valence-corrected chi connectivity index (χ3v) is 4.61. The molecule has 0 saturated heterocycles. The maximum Gasteiger partial charge on any atom is 0.213 e. The summed E-state index contributed by atoms with van der Waals surface area (Å²) in [5.74, 6) is 0.429. The third kappa shape index (κ3) is 8.19. The lowest BCUT2D eigenvalue weighted by molar-refractivity contribution is 0.163. The third-order valence-electron chi connectivity index (χ3n) is 1.92. The number of sulfonamides is 1. The van der Waals surface area contributed by atoms with Gasteiger partial charge in [0.1, 0.15) is 0 Å². The van der Waals surface area contributed by atoms with Crippen LogP contribution in [0.3, 0.4) is 0 Å². The molecule has 0 spiro atoms. The molecule has 4 nitrogen and oxygen atoms in total. The van der Waals surface area contributed by atoms with Crippen molar-refractivity contribution in [3.63, 3.8) is 0 Å². The Labute approximate surface area is 101 Å². The lowest BCUT2D eigenvalue weighted by Gasteiger charge is -2.14. The van der Waals surface area contributed by atoms with Crippen LogP contribution in [0.4, 0.5) is 0 Å². The molecule has 0 aromatic carbocycles. The van der Waals surface area contributed by atoms with Gasteiger partial charge in [-0.3, -0.25) is 0 Å². The number of rotatable bonds is 8. The molecule has 0 fully saturated rings. The molecule has 0 bridgehead atoms. The summed E-state index contributed by atoms with van der Waals surface area (Å²) in [7, 11) is -3.19. The Bertz CT molecular complexity index is 254. The molecule has 0 aliphatic heterocycles. The Balaban J connectivity index is 3.84. The Morgan fingerprint density at radius 3 is 2.47 bits per heavy atom. The van der Waals surface area contributed by atoms with Gasteiger partial charge in [0, 0.05) is 18.0 Å². The quantitative estimate of drug-likeness (QED) is 0.544. The first-order valence-electron chi connectivity index (χ1n) is 5.08. The van der Waals surface area contributed by atoms with Crippen molar-refractivity contribution in [3.8, 4) is 0 Å². The zero-order valence-electron chi connectivity index (χ0n) is 9.49. The first-order chi connectivity index (χ1) is 6.89. The molecule has 1 atom stereocenters. The average Bonchev–Trinajstić information content (AvgIpc) is 2.14. The summed E-state index contributed by atoms with van der Waals surface area (Å²) in [6.07, 6.45) is 0. The van der Waals surface area contributed by atoms with Crippen molar-refractivity contribution >= 4 is 26.0 Å². The first kappa shape index (κ1) is 15.3. The van der Waals surface area contributed by atoms with E-state index in [0.29, 0.717) is 19.1 Å². The molecule has 0 rings (SSSR count). The van der Waals surface area contributed by atoms with Gasteiger partial charge in [-0.05, 0) is 12.8 Å². The van der Waals surface area contributed by atoms with Gasteiger partial charge in [0.15, 0.2) is 0 Å². The smallest absolute Gasteiger partial charge is 0.213 e. The zero-order chi connectivity index (χ0) is 11.9. The van der Waals surface area contributed by atoms with Gasteiger partial charge in [0.2, 0.25) is 10.0 Å². The number of nitrogens with one attached hydrogen (secondary N) is 1. The predicted octanol–water partition coefficient (Wildman–Crippen LogP) is 1.36. The van der Waals surface area contributed by atoms with E-state index in [4.69, 9.17) is 4.74 Å². The fourth-order valence-electron chi connectivity index (χ4n) is 0.827. The lowest BCUT2D eigenvalue weighted by atomic mass is 10.1. The van der Waals surface area contributed by atoms with Gasteiger partial charge in [0.25, 0.3) is 0 Å². The molecule has 0 saturated carbocycles. The van der Waals surface area contributed by atoms with Gasteiger partial charge in [0.05, 0.1) is 12.4 Å². The van der Waals surface area contributed by atoms with Gasteiger partial charge in [-0.15, -0.1) is 0 Å². The van der Waals surface area contributed by atoms with Gasteiger partial charge in [-0.1, -0.05) is 29.8 Å². The summed E-state index contributed by atoms with van der Waals surface area (Å²) < 4.78 is 30.4. The topological polar surface area (TPSA) is 55.4 Å². The van der Waals surface area contributed by atoms with Crippen LogP contribution >= 0.6 is 15.9 Å². The number of ether oxygens (including phenoxy) is 1. The molecule has 15 heavy (non-hydrogen) atoms. The van der Waals surface area contributed by atoms with E-state index >= 15 is 0 Å². The van der Waals surface area contributed by atoms with Crippen molar-refractivity contribution in [1.82, 2.24) is 4.72 Å². The van der Waals surface area contributed by atoms with Gasteiger partial charge in [-0.2, -0.15) is 0 Å². The summed E-state index contributed by atoms with van der Waals surface area (Å²) in [4.78, 5) is 0.166. The minimum Gasteiger partial charge on any atom is -0.381 e. The molecule has 1 unspecified atom stereocenters. The molecule has 1 N–H and O–H groups in total. The van der Waals surface area contributed by atoms with Crippen molar-refractivity contribution in [2.24, 2.45) is 5.92 Å². The number of alkyl halides is 1. The highest BCUT2D eigenvalue weighted by atomic mass is 79.9. The minimum atomic E-state index is -3.19. The summed E-state index contributed by atoms with van der Waals surface area (Å²) in [6.45, 7) is 7.13. The standard InChI is InChI=1S/C9H20BrNO3S/c1-4-14-5-6-15(12,13)11-7-9(10)8(2)3/h8-9,11H,4-7H2,1-3H3. The van der Waals surface area contributed by atoms with Gasteiger partial charge >= 0.3 is 0 Å². The van der Waals surface area contributed by atoms with Crippen LogP contribution in [0.1, 0.15) is 20.8 Å². The average molecular weight is 302 g/mol.